The molecule has 4 aromatic carbocycles. The van der Waals surface area contributed by atoms with Gasteiger partial charge in [-0.1, -0.05) is 60.7 Å². The molecule has 0 saturated carbocycles. The first-order chi connectivity index (χ1) is 21.2. The van der Waals surface area contributed by atoms with Crippen molar-refractivity contribution in [2.24, 2.45) is 0 Å². The van der Waals surface area contributed by atoms with Gasteiger partial charge in [-0.05, 0) is 54.8 Å². The predicted molar refractivity (Wildman–Crippen MR) is 163 cm³/mol. The van der Waals surface area contributed by atoms with Gasteiger partial charge < -0.3 is 9.80 Å². The van der Waals surface area contributed by atoms with Gasteiger partial charge >= 0.3 is 0 Å². The second-order valence-corrected chi connectivity index (χ2v) is 10.9. The number of carbonyl (C=O) groups excluding carboxylic acids is 4. The second kappa shape index (κ2) is 11.6. The largest absolute Gasteiger partial charge is 0.308 e. The quantitative estimate of drug-likeness (QED) is 0.163. The summed E-state index contributed by atoms with van der Waals surface area (Å²) in [4.78, 5) is 68.7. The first-order valence-electron chi connectivity index (χ1n) is 14.2. The molecular weight excluding hydrogens is 560 g/mol. The smallest absolute Gasteiger partial charge is 0.269 e. The molecule has 44 heavy (non-hydrogen) atoms. The van der Waals surface area contributed by atoms with Gasteiger partial charge in [-0.2, -0.15) is 0 Å². The fourth-order valence-corrected chi connectivity index (χ4v) is 6.08. The molecule has 0 unspecified atom stereocenters. The number of imide groups is 1. The van der Waals surface area contributed by atoms with Crippen molar-refractivity contribution in [2.75, 3.05) is 16.3 Å². The van der Waals surface area contributed by atoms with Crippen molar-refractivity contribution in [2.45, 2.75) is 31.8 Å². The molecule has 0 aromatic heterocycles. The van der Waals surface area contributed by atoms with Crippen molar-refractivity contribution in [1.82, 2.24) is 4.90 Å². The van der Waals surface area contributed by atoms with Crippen molar-refractivity contribution in [3.05, 3.63) is 135 Å². The van der Waals surface area contributed by atoms with E-state index in [9.17, 15) is 29.3 Å². The van der Waals surface area contributed by atoms with Gasteiger partial charge in [0.15, 0.2) is 0 Å². The topological polar surface area (TPSA) is 121 Å². The molecular formula is C34H28N4O6. The molecule has 0 saturated heterocycles. The Morgan fingerprint density at radius 1 is 0.841 bits per heavy atom. The van der Waals surface area contributed by atoms with Crippen molar-refractivity contribution in [3.8, 4) is 0 Å². The van der Waals surface area contributed by atoms with E-state index in [2.05, 4.69) is 0 Å². The predicted octanol–water partition coefficient (Wildman–Crippen LogP) is 5.33. The number of rotatable bonds is 7. The van der Waals surface area contributed by atoms with Gasteiger partial charge in [0.2, 0.25) is 11.8 Å². The lowest BCUT2D eigenvalue weighted by atomic mass is 9.89. The Kier molecular flexibility index (Phi) is 7.48. The maximum Gasteiger partial charge on any atom is 0.269 e. The number of nitro groups is 1. The summed E-state index contributed by atoms with van der Waals surface area (Å²) in [5.74, 6) is -1.60. The van der Waals surface area contributed by atoms with E-state index in [1.807, 2.05) is 61.5 Å². The van der Waals surface area contributed by atoms with E-state index in [4.69, 9.17) is 0 Å². The Labute approximate surface area is 253 Å². The Bertz CT molecular complexity index is 1750. The minimum atomic E-state index is -0.498. The molecule has 2 heterocycles. The van der Waals surface area contributed by atoms with Crippen LogP contribution in [0.25, 0.3) is 0 Å². The molecule has 0 radical (unpaired) electrons. The number of fused-ring (bicyclic) bond motifs is 2. The lowest BCUT2D eigenvalue weighted by Crippen LogP contribution is -2.51. The fourth-order valence-electron chi connectivity index (χ4n) is 6.08. The van der Waals surface area contributed by atoms with Crippen LogP contribution in [-0.2, 0) is 16.0 Å². The van der Waals surface area contributed by atoms with Gasteiger partial charge in [-0.15, -0.1) is 0 Å². The number of hydrogen-bond donors (Lipinski definition) is 0. The zero-order valence-electron chi connectivity index (χ0n) is 23.8. The number of carbonyl (C=O) groups is 4. The van der Waals surface area contributed by atoms with Crippen LogP contribution in [0.15, 0.2) is 103 Å². The molecule has 0 fully saturated rings. The number of nitro benzene ring substituents is 1. The van der Waals surface area contributed by atoms with E-state index in [-0.39, 0.29) is 35.2 Å². The second-order valence-electron chi connectivity index (χ2n) is 10.9. The third kappa shape index (κ3) is 5.11. The number of para-hydroxylation sites is 2. The SMILES string of the molecule is C[C@H]1C[C@@H](N(C(=O)Cc2ccc([N+](=O)[O-])cc2)c2ccccc2)c2ccccc2N1C(=O)CN1C(=O)c2ccccc2C1=O. The van der Waals surface area contributed by atoms with Crippen LogP contribution in [0.1, 0.15) is 51.2 Å². The first kappa shape index (κ1) is 28.5. The summed E-state index contributed by atoms with van der Waals surface area (Å²) in [5, 5.41) is 11.1. The minimum absolute atomic E-state index is 0.0162. The molecule has 0 spiro atoms. The van der Waals surface area contributed by atoms with E-state index in [1.54, 1.807) is 46.2 Å². The number of amides is 4. The number of anilines is 2. The highest BCUT2D eigenvalue weighted by Gasteiger charge is 2.41. The van der Waals surface area contributed by atoms with Crippen LogP contribution >= 0.6 is 0 Å². The third-order valence-corrected chi connectivity index (χ3v) is 8.12. The van der Waals surface area contributed by atoms with Crippen LogP contribution < -0.4 is 9.80 Å². The summed E-state index contributed by atoms with van der Waals surface area (Å²) in [6, 6.07) is 28.2. The molecule has 2 aliphatic heterocycles. The van der Waals surface area contributed by atoms with Crippen molar-refractivity contribution in [3.63, 3.8) is 0 Å². The highest BCUT2D eigenvalue weighted by atomic mass is 16.6. The normalized spacial score (nSPS) is 17.2. The number of benzene rings is 4. The molecule has 0 bridgehead atoms. The molecule has 4 aromatic rings. The highest BCUT2D eigenvalue weighted by molar-refractivity contribution is 6.22. The Morgan fingerprint density at radius 2 is 1.43 bits per heavy atom. The molecule has 0 aliphatic carbocycles. The maximum absolute atomic E-state index is 14.0. The summed E-state index contributed by atoms with van der Waals surface area (Å²) in [5.41, 5.74) is 3.17. The van der Waals surface area contributed by atoms with Crippen LogP contribution in [0.5, 0.6) is 0 Å². The van der Waals surface area contributed by atoms with Gasteiger partial charge in [0.25, 0.3) is 17.5 Å². The van der Waals surface area contributed by atoms with Crippen molar-refractivity contribution >= 4 is 40.7 Å². The van der Waals surface area contributed by atoms with Gasteiger partial charge in [0.1, 0.15) is 6.54 Å². The fraction of sp³-hybridized carbons (Fsp3) is 0.176. The summed E-state index contributed by atoms with van der Waals surface area (Å²) < 4.78 is 0. The molecule has 6 rings (SSSR count). The van der Waals surface area contributed by atoms with Gasteiger partial charge in [-0.25, -0.2) is 0 Å². The lowest BCUT2D eigenvalue weighted by molar-refractivity contribution is -0.384. The number of non-ortho nitro benzene ring substituents is 1. The van der Waals surface area contributed by atoms with Crippen molar-refractivity contribution in [1.29, 1.82) is 0 Å². The number of hydrogen-bond acceptors (Lipinski definition) is 6. The van der Waals surface area contributed by atoms with E-state index in [0.29, 0.717) is 23.4 Å². The Morgan fingerprint density at radius 3 is 2.07 bits per heavy atom. The number of nitrogens with zero attached hydrogens (tertiary/aromatic N) is 4. The molecule has 2 aliphatic rings. The highest BCUT2D eigenvalue weighted by Crippen LogP contribution is 2.42. The monoisotopic (exact) mass is 588 g/mol. The maximum atomic E-state index is 14.0. The molecule has 10 nitrogen and oxygen atoms in total. The lowest BCUT2D eigenvalue weighted by Gasteiger charge is -2.44. The molecule has 220 valence electrons. The van der Waals surface area contributed by atoms with E-state index in [0.717, 1.165) is 10.5 Å². The van der Waals surface area contributed by atoms with Gasteiger partial charge in [0, 0.05) is 29.5 Å². The molecule has 2 atom stereocenters. The molecule has 0 N–H and O–H groups in total. The zero-order chi connectivity index (χ0) is 31.0. The zero-order valence-corrected chi connectivity index (χ0v) is 23.8. The van der Waals surface area contributed by atoms with Crippen LogP contribution in [0.4, 0.5) is 17.1 Å². The van der Waals surface area contributed by atoms with Crippen LogP contribution in [0.2, 0.25) is 0 Å². The van der Waals surface area contributed by atoms with Crippen LogP contribution in [-0.4, -0.2) is 46.0 Å². The summed E-state index contributed by atoms with van der Waals surface area (Å²) >= 11 is 0. The van der Waals surface area contributed by atoms with Crippen LogP contribution in [0.3, 0.4) is 0 Å². The summed E-state index contributed by atoms with van der Waals surface area (Å²) in [6.07, 6.45) is 0.411. The van der Waals surface area contributed by atoms with E-state index >= 15 is 0 Å². The molecule has 4 amide bonds. The Balaban J connectivity index is 1.31. The molecule has 10 heteroatoms. The summed E-state index contributed by atoms with van der Waals surface area (Å²) in [7, 11) is 0. The Hall–Kier alpha value is -5.64. The van der Waals surface area contributed by atoms with Crippen LogP contribution in [0, 0.1) is 10.1 Å². The van der Waals surface area contributed by atoms with Gasteiger partial charge in [-0.3, -0.25) is 34.2 Å². The van der Waals surface area contributed by atoms with E-state index in [1.165, 1.54) is 12.1 Å². The first-order valence-corrected chi connectivity index (χ1v) is 14.2. The standard InChI is InChI=1S/C34H28N4O6/c1-22-19-30(37(24-9-3-2-4-10-24)31(39)20-23-15-17-25(18-16-23)38(43)44)28-13-7-8-14-29(28)36(22)32(40)21-35-33(41)26-11-5-6-12-27(26)34(35)42/h2-18,22,30H,19-21H2,1H3/t22-,30+/m0/s1. The average Bonchev–Trinajstić information content (AvgIpc) is 3.26. The minimum Gasteiger partial charge on any atom is -0.308 e. The van der Waals surface area contributed by atoms with Crippen molar-refractivity contribution < 1.29 is 24.1 Å². The summed E-state index contributed by atoms with van der Waals surface area (Å²) in [6.45, 7) is 1.48. The average molecular weight is 589 g/mol. The van der Waals surface area contributed by atoms with E-state index < -0.39 is 35.2 Å². The van der Waals surface area contributed by atoms with Gasteiger partial charge in [0.05, 0.1) is 28.5 Å². The third-order valence-electron chi connectivity index (χ3n) is 8.12.